The number of esters is 1. The van der Waals surface area contributed by atoms with Crippen LogP contribution in [0, 0.1) is 5.82 Å². The van der Waals surface area contributed by atoms with Gasteiger partial charge in [-0.1, -0.05) is 12.1 Å². The van der Waals surface area contributed by atoms with E-state index in [1.807, 2.05) is 0 Å². The van der Waals surface area contributed by atoms with E-state index in [0.717, 1.165) is 0 Å². The summed E-state index contributed by atoms with van der Waals surface area (Å²) in [5.74, 6) is -0.975. The molecule has 1 aromatic heterocycles. The number of anilines is 1. The molecule has 1 N–H and O–H groups in total. The Balaban J connectivity index is 1.90. The lowest BCUT2D eigenvalue weighted by Crippen LogP contribution is -2.14. The van der Waals surface area contributed by atoms with Crippen molar-refractivity contribution in [2.24, 2.45) is 0 Å². The molecule has 0 aliphatic heterocycles. The molecule has 0 spiro atoms. The number of amides is 1. The molecule has 21 heavy (non-hydrogen) atoms. The molecule has 110 valence electrons. The Morgan fingerprint density at radius 3 is 2.67 bits per heavy atom. The number of nitrogens with zero attached hydrogens (tertiary/aromatic N) is 1. The number of hydrogen-bond acceptors (Lipinski definition) is 5. The molecule has 2 aromatic rings. The third kappa shape index (κ3) is 4.64. The Morgan fingerprint density at radius 2 is 2.00 bits per heavy atom. The van der Waals surface area contributed by atoms with Gasteiger partial charge in [0.15, 0.2) is 5.13 Å². The van der Waals surface area contributed by atoms with E-state index in [9.17, 15) is 14.0 Å². The van der Waals surface area contributed by atoms with E-state index in [1.54, 1.807) is 17.5 Å². The molecule has 0 aliphatic rings. The quantitative estimate of drug-likeness (QED) is 0.860. The van der Waals surface area contributed by atoms with E-state index in [1.165, 1.54) is 30.6 Å². The van der Waals surface area contributed by atoms with Gasteiger partial charge in [-0.3, -0.25) is 9.59 Å². The van der Waals surface area contributed by atoms with Crippen LogP contribution in [0.15, 0.2) is 29.6 Å². The molecule has 2 rings (SSSR count). The SMILES string of the molecule is COC(=O)Cc1csc(NC(=O)Cc2ccc(F)cc2)n1. The van der Waals surface area contributed by atoms with Crippen LogP contribution in [0.3, 0.4) is 0 Å². The maximum atomic E-state index is 12.8. The van der Waals surface area contributed by atoms with Gasteiger partial charge in [0.05, 0.1) is 25.6 Å². The number of hydrogen-bond donors (Lipinski definition) is 1. The molecule has 0 atom stereocenters. The number of benzene rings is 1. The summed E-state index contributed by atoms with van der Waals surface area (Å²) >= 11 is 1.23. The maximum Gasteiger partial charge on any atom is 0.311 e. The van der Waals surface area contributed by atoms with Crippen LogP contribution in [-0.2, 0) is 27.2 Å². The highest BCUT2D eigenvalue weighted by Gasteiger charge is 2.10. The lowest BCUT2D eigenvalue weighted by molar-refractivity contribution is -0.139. The van der Waals surface area contributed by atoms with Gasteiger partial charge >= 0.3 is 5.97 Å². The van der Waals surface area contributed by atoms with Gasteiger partial charge in [0, 0.05) is 5.38 Å². The Bertz CT molecular complexity index is 640. The van der Waals surface area contributed by atoms with Crippen LogP contribution < -0.4 is 5.32 Å². The molecule has 0 bridgehead atoms. The van der Waals surface area contributed by atoms with E-state index in [4.69, 9.17) is 0 Å². The predicted molar refractivity (Wildman–Crippen MR) is 76.6 cm³/mol. The minimum atomic E-state index is -0.385. The number of carbonyl (C=O) groups is 2. The average molecular weight is 308 g/mol. The van der Waals surface area contributed by atoms with Crippen molar-refractivity contribution in [1.29, 1.82) is 0 Å². The summed E-state index contributed by atoms with van der Waals surface area (Å²) in [7, 11) is 1.31. The molecule has 0 radical (unpaired) electrons. The van der Waals surface area contributed by atoms with Crippen molar-refractivity contribution in [3.05, 3.63) is 46.7 Å². The molecule has 0 saturated heterocycles. The Labute approximate surface area is 124 Å². The van der Waals surface area contributed by atoms with Crippen LogP contribution in [0.1, 0.15) is 11.3 Å². The number of rotatable bonds is 5. The van der Waals surface area contributed by atoms with E-state index in [-0.39, 0.29) is 30.5 Å². The van der Waals surface area contributed by atoms with Gasteiger partial charge in [-0.2, -0.15) is 0 Å². The highest BCUT2D eigenvalue weighted by molar-refractivity contribution is 7.13. The summed E-state index contributed by atoms with van der Waals surface area (Å²) in [6.07, 6.45) is 0.201. The maximum absolute atomic E-state index is 12.8. The van der Waals surface area contributed by atoms with Crippen LogP contribution in [-0.4, -0.2) is 24.0 Å². The zero-order valence-corrected chi connectivity index (χ0v) is 12.1. The van der Waals surface area contributed by atoms with E-state index in [0.29, 0.717) is 16.4 Å². The molecule has 1 heterocycles. The largest absolute Gasteiger partial charge is 0.469 e. The first kappa shape index (κ1) is 15.1. The molecule has 7 heteroatoms. The highest BCUT2D eigenvalue weighted by Crippen LogP contribution is 2.16. The molecule has 0 unspecified atom stereocenters. The number of ether oxygens (including phenoxy) is 1. The van der Waals surface area contributed by atoms with Crippen molar-refractivity contribution in [2.75, 3.05) is 12.4 Å². The molecule has 1 aromatic carbocycles. The van der Waals surface area contributed by atoms with Crippen molar-refractivity contribution >= 4 is 28.3 Å². The van der Waals surface area contributed by atoms with Crippen molar-refractivity contribution in [3.8, 4) is 0 Å². The van der Waals surface area contributed by atoms with Crippen molar-refractivity contribution in [3.63, 3.8) is 0 Å². The Morgan fingerprint density at radius 1 is 1.29 bits per heavy atom. The fraction of sp³-hybridized carbons (Fsp3) is 0.214. The van der Waals surface area contributed by atoms with Gasteiger partial charge in [-0.25, -0.2) is 9.37 Å². The van der Waals surface area contributed by atoms with Gasteiger partial charge in [-0.05, 0) is 17.7 Å². The smallest absolute Gasteiger partial charge is 0.311 e. The fourth-order valence-corrected chi connectivity index (χ4v) is 2.34. The minimum absolute atomic E-state index is 0.0703. The third-order valence-corrected chi connectivity index (χ3v) is 3.44. The summed E-state index contributed by atoms with van der Waals surface area (Å²) in [6.45, 7) is 0. The Hall–Kier alpha value is -2.28. The number of carbonyl (C=O) groups excluding carboxylic acids is 2. The summed E-state index contributed by atoms with van der Waals surface area (Å²) in [4.78, 5) is 27.1. The standard InChI is InChI=1S/C14H13FN2O3S/c1-20-13(19)7-11-8-21-14(16-11)17-12(18)6-9-2-4-10(15)5-3-9/h2-5,8H,6-7H2,1H3,(H,16,17,18). The number of aromatic nitrogens is 1. The van der Waals surface area contributed by atoms with Gasteiger partial charge in [-0.15, -0.1) is 11.3 Å². The molecular formula is C14H13FN2O3S. The van der Waals surface area contributed by atoms with Crippen molar-refractivity contribution in [1.82, 2.24) is 4.98 Å². The van der Waals surface area contributed by atoms with E-state index in [2.05, 4.69) is 15.0 Å². The monoisotopic (exact) mass is 308 g/mol. The van der Waals surface area contributed by atoms with Gasteiger partial charge in [0.1, 0.15) is 5.82 Å². The van der Waals surface area contributed by atoms with Crippen molar-refractivity contribution < 1.29 is 18.7 Å². The summed E-state index contributed by atoms with van der Waals surface area (Å²) in [5.41, 5.74) is 1.25. The fourth-order valence-electron chi connectivity index (χ4n) is 1.62. The third-order valence-electron chi connectivity index (χ3n) is 2.63. The molecule has 5 nitrogen and oxygen atoms in total. The summed E-state index contributed by atoms with van der Waals surface area (Å²) in [5, 5.41) is 4.74. The van der Waals surface area contributed by atoms with Gasteiger partial charge in [0.25, 0.3) is 0 Å². The van der Waals surface area contributed by atoms with Gasteiger partial charge in [0.2, 0.25) is 5.91 Å². The zero-order chi connectivity index (χ0) is 15.2. The summed E-state index contributed by atoms with van der Waals surface area (Å²) < 4.78 is 17.3. The molecular weight excluding hydrogens is 295 g/mol. The first-order valence-corrected chi connectivity index (χ1v) is 7.00. The van der Waals surface area contributed by atoms with Gasteiger partial charge < -0.3 is 10.1 Å². The van der Waals surface area contributed by atoms with Crippen molar-refractivity contribution in [2.45, 2.75) is 12.8 Å². The van der Waals surface area contributed by atoms with Crippen LogP contribution in [0.2, 0.25) is 0 Å². The normalized spacial score (nSPS) is 10.2. The Kier molecular flexibility index (Phi) is 4.99. The second-order valence-corrected chi connectivity index (χ2v) is 5.11. The predicted octanol–water partition coefficient (Wildman–Crippen LogP) is 2.18. The number of nitrogens with one attached hydrogen (secondary N) is 1. The number of halogens is 1. The first-order valence-electron chi connectivity index (χ1n) is 6.12. The lowest BCUT2D eigenvalue weighted by Gasteiger charge is -2.02. The molecule has 1 amide bonds. The van der Waals surface area contributed by atoms with Crippen LogP contribution in [0.25, 0.3) is 0 Å². The number of thiazole rings is 1. The zero-order valence-electron chi connectivity index (χ0n) is 11.3. The first-order chi connectivity index (χ1) is 10.1. The minimum Gasteiger partial charge on any atom is -0.469 e. The van der Waals surface area contributed by atoms with Crippen LogP contribution in [0.5, 0.6) is 0 Å². The highest BCUT2D eigenvalue weighted by atomic mass is 32.1. The molecule has 0 aliphatic carbocycles. The lowest BCUT2D eigenvalue weighted by atomic mass is 10.1. The topological polar surface area (TPSA) is 68.3 Å². The van der Waals surface area contributed by atoms with Crippen LogP contribution in [0.4, 0.5) is 9.52 Å². The average Bonchev–Trinajstić information content (AvgIpc) is 2.88. The molecule has 0 saturated carbocycles. The van der Waals surface area contributed by atoms with E-state index >= 15 is 0 Å². The second-order valence-electron chi connectivity index (χ2n) is 4.25. The van der Waals surface area contributed by atoms with Crippen LogP contribution >= 0.6 is 11.3 Å². The number of methoxy groups -OCH3 is 1. The van der Waals surface area contributed by atoms with E-state index < -0.39 is 0 Å². The molecule has 0 fully saturated rings. The summed E-state index contributed by atoms with van der Waals surface area (Å²) in [6, 6.07) is 5.72. The second kappa shape index (κ2) is 6.94.